The third-order valence-corrected chi connectivity index (χ3v) is 3.51. The lowest BCUT2D eigenvalue weighted by molar-refractivity contribution is -0.141. The first-order chi connectivity index (χ1) is 6.21. The van der Waals surface area contributed by atoms with Gasteiger partial charge >= 0.3 is 13.6 Å². The molecule has 14 heavy (non-hydrogen) atoms. The van der Waals surface area contributed by atoms with Crippen molar-refractivity contribution in [3.05, 3.63) is 0 Å². The lowest BCUT2D eigenvalue weighted by Gasteiger charge is -2.21. The Labute approximate surface area is 85.7 Å². The molecule has 0 radical (unpaired) electrons. The Morgan fingerprint density at radius 2 is 1.86 bits per heavy atom. The lowest BCUT2D eigenvalue weighted by Crippen LogP contribution is -2.33. The van der Waals surface area contributed by atoms with Crippen LogP contribution in [0, 0.1) is 5.92 Å². The standard InChI is InChI=1S/C6H11O6PS/c1-2-3(5(7)8)4(6(9)14)13(10,11)12/h3-4H,2H2,1H3,(H,7,8)(H,9,14)(H2,10,11,12). The van der Waals surface area contributed by atoms with Crippen molar-refractivity contribution in [3.8, 4) is 0 Å². The highest BCUT2D eigenvalue weighted by atomic mass is 32.1. The van der Waals surface area contributed by atoms with Crippen LogP contribution in [-0.4, -0.2) is 36.7 Å². The molecule has 4 N–H and O–H groups in total. The van der Waals surface area contributed by atoms with Crippen molar-refractivity contribution in [3.63, 3.8) is 0 Å². The van der Waals surface area contributed by atoms with Gasteiger partial charge in [0, 0.05) is 0 Å². The van der Waals surface area contributed by atoms with Crippen LogP contribution in [0.2, 0.25) is 0 Å². The molecule has 82 valence electrons. The zero-order valence-corrected chi connectivity index (χ0v) is 9.03. The van der Waals surface area contributed by atoms with Crippen molar-refractivity contribution in [1.82, 2.24) is 0 Å². The molecule has 0 saturated heterocycles. The van der Waals surface area contributed by atoms with E-state index in [1.54, 1.807) is 0 Å². The fourth-order valence-corrected chi connectivity index (χ4v) is 2.75. The van der Waals surface area contributed by atoms with Gasteiger partial charge in [0.1, 0.15) is 5.66 Å². The summed E-state index contributed by atoms with van der Waals surface area (Å²) in [5, 5.41) is 16.6. The monoisotopic (exact) mass is 242 g/mol. The van der Waals surface area contributed by atoms with Gasteiger partial charge in [-0.25, -0.2) is 0 Å². The van der Waals surface area contributed by atoms with Crippen molar-refractivity contribution < 1.29 is 29.4 Å². The number of aliphatic hydroxyl groups is 1. The van der Waals surface area contributed by atoms with Crippen LogP contribution in [0.5, 0.6) is 0 Å². The number of carboxylic acids is 1. The number of carbonyl (C=O) groups is 1. The smallest absolute Gasteiger partial charge is 0.337 e. The molecule has 0 aromatic carbocycles. The van der Waals surface area contributed by atoms with Crippen molar-refractivity contribution in [2.24, 2.45) is 5.92 Å². The SMILES string of the molecule is CCC(C(=O)O)C(C(O)=S)P(=O)(O)O. The number of thiocarbonyl (C=S) groups is 1. The number of hydrogen-bond acceptors (Lipinski definition) is 3. The van der Waals surface area contributed by atoms with Crippen molar-refractivity contribution >= 4 is 30.8 Å². The van der Waals surface area contributed by atoms with Crippen LogP contribution >= 0.6 is 19.8 Å². The summed E-state index contributed by atoms with van der Waals surface area (Å²) in [6.45, 7) is 1.44. The van der Waals surface area contributed by atoms with E-state index in [1.165, 1.54) is 6.92 Å². The minimum Gasteiger partial charge on any atom is -0.501 e. The molecular weight excluding hydrogens is 231 g/mol. The highest BCUT2D eigenvalue weighted by molar-refractivity contribution is 7.81. The predicted molar refractivity (Wildman–Crippen MR) is 52.5 cm³/mol. The fraction of sp³-hybridized carbons (Fsp3) is 0.667. The second-order valence-electron chi connectivity index (χ2n) is 2.73. The van der Waals surface area contributed by atoms with Gasteiger partial charge in [-0.05, 0) is 18.6 Å². The van der Waals surface area contributed by atoms with Crippen LogP contribution in [0.3, 0.4) is 0 Å². The Hall–Kier alpha value is -0.490. The summed E-state index contributed by atoms with van der Waals surface area (Å²) < 4.78 is 10.9. The predicted octanol–water partition coefficient (Wildman–Crippen LogP) is 0.529. The summed E-state index contributed by atoms with van der Waals surface area (Å²) in [7, 11) is -4.73. The average molecular weight is 242 g/mol. The molecule has 0 fully saturated rings. The Morgan fingerprint density at radius 1 is 1.43 bits per heavy atom. The van der Waals surface area contributed by atoms with Crippen LogP contribution < -0.4 is 0 Å². The van der Waals surface area contributed by atoms with E-state index in [9.17, 15) is 9.36 Å². The van der Waals surface area contributed by atoms with Crippen molar-refractivity contribution in [2.75, 3.05) is 0 Å². The Bertz CT molecular complexity index is 284. The molecular formula is C6H11O6PS. The van der Waals surface area contributed by atoms with Gasteiger partial charge in [-0.1, -0.05) is 6.92 Å². The molecule has 0 heterocycles. The molecule has 0 aromatic rings. The zero-order chi connectivity index (χ0) is 11.5. The number of carboxylic acid groups (broad SMARTS) is 1. The van der Waals surface area contributed by atoms with Gasteiger partial charge in [0.15, 0.2) is 5.05 Å². The van der Waals surface area contributed by atoms with Gasteiger partial charge in [0.2, 0.25) is 0 Å². The molecule has 0 spiro atoms. The molecule has 0 aromatic heterocycles. The van der Waals surface area contributed by atoms with E-state index < -0.39 is 30.2 Å². The molecule has 0 saturated carbocycles. The van der Waals surface area contributed by atoms with E-state index in [1.807, 2.05) is 0 Å². The normalized spacial score (nSPS) is 15.9. The van der Waals surface area contributed by atoms with Gasteiger partial charge in [-0.3, -0.25) is 9.36 Å². The molecule has 0 aliphatic carbocycles. The van der Waals surface area contributed by atoms with Crippen LogP contribution in [0.4, 0.5) is 0 Å². The molecule has 0 aliphatic heterocycles. The summed E-state index contributed by atoms with van der Waals surface area (Å²) in [6, 6.07) is 0. The highest BCUT2D eigenvalue weighted by Crippen LogP contribution is 2.46. The van der Waals surface area contributed by atoms with Crippen molar-refractivity contribution in [1.29, 1.82) is 0 Å². The van der Waals surface area contributed by atoms with E-state index in [2.05, 4.69) is 12.2 Å². The fourth-order valence-electron chi connectivity index (χ4n) is 1.08. The van der Waals surface area contributed by atoms with Crippen molar-refractivity contribution in [2.45, 2.75) is 19.0 Å². The second-order valence-corrected chi connectivity index (χ2v) is 4.88. The van der Waals surface area contributed by atoms with Gasteiger partial charge in [-0.2, -0.15) is 0 Å². The maximum absolute atomic E-state index is 10.9. The van der Waals surface area contributed by atoms with Gasteiger partial charge in [0.05, 0.1) is 5.92 Å². The summed E-state index contributed by atoms with van der Waals surface area (Å²) in [4.78, 5) is 28.2. The van der Waals surface area contributed by atoms with E-state index in [4.69, 9.17) is 20.0 Å². The maximum atomic E-state index is 10.9. The van der Waals surface area contributed by atoms with E-state index in [-0.39, 0.29) is 6.42 Å². The molecule has 6 nitrogen and oxygen atoms in total. The second kappa shape index (κ2) is 4.84. The average Bonchev–Trinajstić information content (AvgIpc) is 1.95. The van der Waals surface area contributed by atoms with E-state index in [0.717, 1.165) is 0 Å². The van der Waals surface area contributed by atoms with Crippen LogP contribution in [0.25, 0.3) is 0 Å². The third-order valence-electron chi connectivity index (χ3n) is 1.75. The largest absolute Gasteiger partial charge is 0.501 e. The Morgan fingerprint density at radius 3 is 1.93 bits per heavy atom. The maximum Gasteiger partial charge on any atom is 0.337 e. The Kier molecular flexibility index (Phi) is 4.67. The first-order valence-corrected chi connectivity index (χ1v) is 5.81. The summed E-state index contributed by atoms with van der Waals surface area (Å²) in [5.74, 6) is -2.76. The highest BCUT2D eigenvalue weighted by Gasteiger charge is 2.42. The first kappa shape index (κ1) is 13.5. The Balaban J connectivity index is 5.10. The summed E-state index contributed by atoms with van der Waals surface area (Å²) in [6.07, 6.45) is -0.0220. The minimum atomic E-state index is -4.73. The summed E-state index contributed by atoms with van der Waals surface area (Å²) in [5.41, 5.74) is -1.81. The molecule has 0 aliphatic rings. The topological polar surface area (TPSA) is 115 Å². The first-order valence-electron chi connectivity index (χ1n) is 3.72. The zero-order valence-electron chi connectivity index (χ0n) is 7.32. The quantitative estimate of drug-likeness (QED) is 0.410. The lowest BCUT2D eigenvalue weighted by atomic mass is 10.0. The number of rotatable bonds is 5. The van der Waals surface area contributed by atoms with Gasteiger partial charge in [0.25, 0.3) is 0 Å². The molecule has 0 rings (SSSR count). The van der Waals surface area contributed by atoms with Crippen LogP contribution in [0.1, 0.15) is 13.3 Å². The van der Waals surface area contributed by atoms with Crippen LogP contribution in [-0.2, 0) is 9.36 Å². The molecule has 2 unspecified atom stereocenters. The van der Waals surface area contributed by atoms with Gasteiger partial charge < -0.3 is 20.0 Å². The minimum absolute atomic E-state index is 0.0220. The molecule has 2 atom stereocenters. The van der Waals surface area contributed by atoms with E-state index >= 15 is 0 Å². The number of aliphatic hydroxyl groups excluding tert-OH is 1. The number of hydrogen-bond donors (Lipinski definition) is 4. The molecule has 8 heteroatoms. The third kappa shape index (κ3) is 3.34. The van der Waals surface area contributed by atoms with Gasteiger partial charge in [-0.15, -0.1) is 0 Å². The van der Waals surface area contributed by atoms with E-state index in [0.29, 0.717) is 0 Å². The molecule has 0 bridgehead atoms. The summed E-state index contributed by atoms with van der Waals surface area (Å²) >= 11 is 4.23. The molecule has 0 amide bonds. The van der Waals surface area contributed by atoms with Crippen LogP contribution in [0.15, 0.2) is 0 Å². The number of aliphatic carboxylic acids is 1.